The van der Waals surface area contributed by atoms with Gasteiger partial charge < -0.3 is 4.74 Å². The fourth-order valence-corrected chi connectivity index (χ4v) is 2.20. The number of nitrogens with zero attached hydrogens (tertiary/aromatic N) is 1. The van der Waals surface area contributed by atoms with Gasteiger partial charge in [-0.05, 0) is 31.5 Å². The van der Waals surface area contributed by atoms with Gasteiger partial charge in [0.25, 0.3) is 0 Å². The highest BCUT2D eigenvalue weighted by molar-refractivity contribution is 6.30. The van der Waals surface area contributed by atoms with Crippen molar-refractivity contribution in [2.24, 2.45) is 5.18 Å². The first-order valence-corrected chi connectivity index (χ1v) is 5.19. The predicted octanol–water partition coefficient (Wildman–Crippen LogP) is 3.32. The molecule has 0 spiro atoms. The van der Waals surface area contributed by atoms with Crippen LogP contribution < -0.4 is 4.74 Å². The molecule has 2 rings (SSSR count). The molecule has 80 valence electrons. The highest BCUT2D eigenvalue weighted by Gasteiger charge is 2.32. The van der Waals surface area contributed by atoms with E-state index in [0.29, 0.717) is 5.02 Å². The van der Waals surface area contributed by atoms with Gasteiger partial charge in [-0.15, -0.1) is 0 Å². The smallest absolute Gasteiger partial charge is 0.128 e. The quantitative estimate of drug-likeness (QED) is 0.725. The predicted molar refractivity (Wildman–Crippen MR) is 59.4 cm³/mol. The lowest BCUT2D eigenvalue weighted by Gasteiger charge is -2.17. The van der Waals surface area contributed by atoms with E-state index in [1.54, 1.807) is 6.07 Å². The van der Waals surface area contributed by atoms with Crippen LogP contribution in [0.3, 0.4) is 0 Å². The summed E-state index contributed by atoms with van der Waals surface area (Å²) < 4.78 is 5.78. The maximum Gasteiger partial charge on any atom is 0.128 e. The van der Waals surface area contributed by atoms with Crippen molar-refractivity contribution in [3.05, 3.63) is 33.2 Å². The van der Waals surface area contributed by atoms with Crippen LogP contribution in [0.2, 0.25) is 5.02 Å². The minimum absolute atomic E-state index is 0.110. The molecule has 0 radical (unpaired) electrons. The van der Waals surface area contributed by atoms with E-state index in [2.05, 4.69) is 5.18 Å². The number of benzene rings is 1. The maximum atomic E-state index is 10.3. The zero-order valence-corrected chi connectivity index (χ0v) is 9.47. The number of halogens is 1. The topological polar surface area (TPSA) is 38.7 Å². The molecule has 0 atom stereocenters. The summed E-state index contributed by atoms with van der Waals surface area (Å²) in [6.45, 7) is 4.14. The average molecular weight is 226 g/mol. The normalized spacial score (nSPS) is 17.0. The second-order valence-electron chi connectivity index (χ2n) is 4.38. The van der Waals surface area contributed by atoms with Crippen LogP contribution in [0.1, 0.15) is 25.0 Å². The van der Waals surface area contributed by atoms with E-state index >= 15 is 0 Å². The monoisotopic (exact) mass is 225 g/mol. The Morgan fingerprint density at radius 2 is 2.27 bits per heavy atom. The Labute approximate surface area is 93.4 Å². The number of fused-ring (bicyclic) bond motifs is 1. The van der Waals surface area contributed by atoms with Gasteiger partial charge in [0.1, 0.15) is 17.9 Å². The minimum Gasteiger partial charge on any atom is -0.487 e. The number of ether oxygens (including phenoxy) is 1. The first-order valence-electron chi connectivity index (χ1n) is 4.81. The number of nitroso groups, excluding NO2 is 1. The van der Waals surface area contributed by atoms with Crippen LogP contribution >= 0.6 is 11.6 Å². The van der Waals surface area contributed by atoms with Crippen LogP contribution in [0.25, 0.3) is 0 Å². The van der Waals surface area contributed by atoms with Crippen molar-refractivity contribution in [2.75, 3.05) is 0 Å². The molecule has 0 bridgehead atoms. The molecular weight excluding hydrogens is 214 g/mol. The standard InChI is InChI=1S/C11H12ClNO2/c1-11(2)5-7-3-9(12)4-8(6-13-14)10(7)15-11/h3-4H,5-6H2,1-2H3. The van der Waals surface area contributed by atoms with Gasteiger partial charge in [0.2, 0.25) is 0 Å². The molecule has 0 aromatic heterocycles. The summed E-state index contributed by atoms with van der Waals surface area (Å²) in [6.07, 6.45) is 0.814. The van der Waals surface area contributed by atoms with E-state index in [1.807, 2.05) is 19.9 Å². The third-order valence-corrected chi connectivity index (χ3v) is 2.66. The molecule has 1 aromatic carbocycles. The van der Waals surface area contributed by atoms with Crippen LogP contribution in [0, 0.1) is 4.91 Å². The Morgan fingerprint density at radius 3 is 2.93 bits per heavy atom. The van der Waals surface area contributed by atoms with E-state index < -0.39 is 0 Å². The second-order valence-corrected chi connectivity index (χ2v) is 4.82. The zero-order chi connectivity index (χ0) is 11.1. The van der Waals surface area contributed by atoms with Crippen molar-refractivity contribution >= 4 is 11.6 Å². The van der Waals surface area contributed by atoms with Gasteiger partial charge in [-0.3, -0.25) is 0 Å². The lowest BCUT2D eigenvalue weighted by molar-refractivity contribution is 0.137. The van der Waals surface area contributed by atoms with Crippen molar-refractivity contribution in [3.8, 4) is 5.75 Å². The Morgan fingerprint density at radius 1 is 1.53 bits per heavy atom. The molecule has 3 nitrogen and oxygen atoms in total. The van der Waals surface area contributed by atoms with Crippen molar-refractivity contribution in [1.29, 1.82) is 0 Å². The van der Waals surface area contributed by atoms with E-state index in [9.17, 15) is 4.91 Å². The molecule has 4 heteroatoms. The Bertz CT molecular complexity index is 415. The van der Waals surface area contributed by atoms with Gasteiger partial charge in [0.15, 0.2) is 0 Å². The molecular formula is C11H12ClNO2. The summed E-state index contributed by atoms with van der Waals surface area (Å²) >= 11 is 5.96. The molecule has 0 aliphatic carbocycles. The second kappa shape index (κ2) is 3.49. The van der Waals surface area contributed by atoms with Crippen molar-refractivity contribution in [2.45, 2.75) is 32.4 Å². The van der Waals surface area contributed by atoms with Gasteiger partial charge >= 0.3 is 0 Å². The molecule has 0 N–H and O–H groups in total. The molecule has 0 saturated heterocycles. The van der Waals surface area contributed by atoms with Gasteiger partial charge in [0.05, 0.1) is 0 Å². The number of rotatable bonds is 2. The highest BCUT2D eigenvalue weighted by Crippen LogP contribution is 2.39. The largest absolute Gasteiger partial charge is 0.487 e. The van der Waals surface area contributed by atoms with Crippen molar-refractivity contribution in [1.82, 2.24) is 0 Å². The van der Waals surface area contributed by atoms with Crippen LogP contribution in [0.5, 0.6) is 5.75 Å². The SMILES string of the molecule is CC1(C)Cc2cc(Cl)cc(CN=O)c2O1. The maximum absolute atomic E-state index is 10.3. The van der Waals surface area contributed by atoms with Gasteiger partial charge in [0, 0.05) is 17.0 Å². The van der Waals surface area contributed by atoms with Crippen molar-refractivity contribution in [3.63, 3.8) is 0 Å². The van der Waals surface area contributed by atoms with E-state index in [0.717, 1.165) is 23.3 Å². The molecule has 1 aromatic rings. The molecule has 0 unspecified atom stereocenters. The van der Waals surface area contributed by atoms with E-state index in [4.69, 9.17) is 16.3 Å². The van der Waals surface area contributed by atoms with E-state index in [-0.39, 0.29) is 12.1 Å². The van der Waals surface area contributed by atoms with Gasteiger partial charge in [-0.2, -0.15) is 4.91 Å². The molecule has 1 aliphatic rings. The summed E-state index contributed by atoms with van der Waals surface area (Å²) in [4.78, 5) is 10.3. The fraction of sp³-hybridized carbons (Fsp3) is 0.455. The van der Waals surface area contributed by atoms with Crippen LogP contribution in [-0.2, 0) is 13.0 Å². The van der Waals surface area contributed by atoms with Gasteiger partial charge in [-0.1, -0.05) is 16.8 Å². The summed E-state index contributed by atoms with van der Waals surface area (Å²) in [5.41, 5.74) is 1.62. The molecule has 0 amide bonds. The summed E-state index contributed by atoms with van der Waals surface area (Å²) in [6, 6.07) is 3.63. The number of hydrogen-bond acceptors (Lipinski definition) is 3. The summed E-state index contributed by atoms with van der Waals surface area (Å²) in [5.74, 6) is 0.781. The molecule has 1 aliphatic heterocycles. The molecule has 0 fully saturated rings. The van der Waals surface area contributed by atoms with Crippen LogP contribution in [-0.4, -0.2) is 5.60 Å². The van der Waals surface area contributed by atoms with E-state index in [1.165, 1.54) is 0 Å². The Balaban J connectivity index is 2.47. The first-order chi connectivity index (χ1) is 7.02. The summed E-state index contributed by atoms with van der Waals surface area (Å²) in [7, 11) is 0. The average Bonchev–Trinajstić information content (AvgIpc) is 2.40. The zero-order valence-electron chi connectivity index (χ0n) is 8.71. The summed E-state index contributed by atoms with van der Waals surface area (Å²) in [5, 5.41) is 3.52. The number of hydrogen-bond donors (Lipinski definition) is 0. The Hall–Kier alpha value is -1.09. The first kappa shape index (κ1) is 10.4. The lowest BCUT2D eigenvalue weighted by Crippen LogP contribution is -2.24. The fourth-order valence-electron chi connectivity index (χ4n) is 1.93. The van der Waals surface area contributed by atoms with Gasteiger partial charge in [-0.25, -0.2) is 0 Å². The molecule has 15 heavy (non-hydrogen) atoms. The Kier molecular flexibility index (Phi) is 2.43. The van der Waals surface area contributed by atoms with Crippen molar-refractivity contribution < 1.29 is 4.74 Å². The third-order valence-electron chi connectivity index (χ3n) is 2.44. The minimum atomic E-state index is -0.218. The van der Waals surface area contributed by atoms with Crippen LogP contribution in [0.15, 0.2) is 17.3 Å². The lowest BCUT2D eigenvalue weighted by atomic mass is 10.0. The molecule has 0 saturated carbocycles. The highest BCUT2D eigenvalue weighted by atomic mass is 35.5. The molecule has 1 heterocycles. The third kappa shape index (κ3) is 1.97. The van der Waals surface area contributed by atoms with Crippen LogP contribution in [0.4, 0.5) is 0 Å².